The Labute approximate surface area is 189 Å². The van der Waals surface area contributed by atoms with E-state index in [0.717, 1.165) is 21.8 Å². The van der Waals surface area contributed by atoms with Crippen LogP contribution in [0.5, 0.6) is 0 Å². The summed E-state index contributed by atoms with van der Waals surface area (Å²) in [5.41, 5.74) is 2.88. The van der Waals surface area contributed by atoms with E-state index in [1.807, 2.05) is 19.1 Å². The number of aromatic nitrogens is 1. The molecule has 1 aromatic heterocycles. The van der Waals surface area contributed by atoms with Gasteiger partial charge in [-0.1, -0.05) is 32.9 Å². The Bertz CT molecular complexity index is 932. The second kappa shape index (κ2) is 10.0. The molecule has 0 bridgehead atoms. The smallest absolute Gasteiger partial charge is 0.191 e. The Morgan fingerprint density at radius 1 is 1.21 bits per heavy atom. The third kappa shape index (κ3) is 7.00. The minimum Gasteiger partial charge on any atom is -0.352 e. The monoisotopic (exact) mass is 536 g/mol. The van der Waals surface area contributed by atoms with Gasteiger partial charge in [0.15, 0.2) is 15.8 Å². The number of benzene rings is 1. The number of guanidine groups is 1. The molecule has 156 valence electrons. The topological polar surface area (TPSA) is 83.5 Å². The van der Waals surface area contributed by atoms with Crippen molar-refractivity contribution in [3.63, 3.8) is 0 Å². The largest absolute Gasteiger partial charge is 0.352 e. The Balaban J connectivity index is 0.00000392. The highest BCUT2D eigenvalue weighted by atomic mass is 127. The molecular weight excluding hydrogens is 507 g/mol. The highest BCUT2D eigenvalue weighted by Crippen LogP contribution is 2.23. The summed E-state index contributed by atoms with van der Waals surface area (Å²) in [6.45, 7) is 9.41. The molecule has 0 unspecified atom stereocenters. The summed E-state index contributed by atoms with van der Waals surface area (Å²) in [5.74, 6) is 0.673. The maximum absolute atomic E-state index is 11.7. The van der Waals surface area contributed by atoms with Crippen molar-refractivity contribution in [2.24, 2.45) is 4.99 Å². The van der Waals surface area contributed by atoms with Gasteiger partial charge in [0.1, 0.15) is 5.01 Å². The fourth-order valence-electron chi connectivity index (χ4n) is 2.54. The van der Waals surface area contributed by atoms with Crippen molar-refractivity contribution in [1.82, 2.24) is 15.6 Å². The van der Waals surface area contributed by atoms with Crippen molar-refractivity contribution in [3.05, 3.63) is 45.4 Å². The minimum atomic E-state index is -3.20. The van der Waals surface area contributed by atoms with Crippen LogP contribution in [0.15, 0.2) is 33.5 Å². The Hall–Kier alpha value is -1.20. The summed E-state index contributed by atoms with van der Waals surface area (Å²) in [6.07, 6.45) is 1.22. The third-order valence-electron chi connectivity index (χ3n) is 4.05. The highest BCUT2D eigenvalue weighted by molar-refractivity contribution is 14.0. The first-order valence-electron chi connectivity index (χ1n) is 8.69. The molecule has 0 radical (unpaired) electrons. The lowest BCUT2D eigenvalue weighted by atomic mass is 9.93. The summed E-state index contributed by atoms with van der Waals surface area (Å²) >= 11 is 1.64. The van der Waals surface area contributed by atoms with Crippen LogP contribution in [0.2, 0.25) is 0 Å². The molecule has 1 aromatic carbocycles. The predicted octanol–water partition coefficient (Wildman–Crippen LogP) is 3.64. The van der Waals surface area contributed by atoms with Crippen molar-refractivity contribution in [1.29, 1.82) is 0 Å². The van der Waals surface area contributed by atoms with Crippen LogP contribution in [0.4, 0.5) is 0 Å². The number of hydrogen-bond donors (Lipinski definition) is 2. The maximum atomic E-state index is 11.7. The Kier molecular flexibility index (Phi) is 8.89. The maximum Gasteiger partial charge on any atom is 0.191 e. The zero-order valence-corrected chi connectivity index (χ0v) is 21.1. The van der Waals surface area contributed by atoms with Crippen molar-refractivity contribution in [3.8, 4) is 0 Å². The van der Waals surface area contributed by atoms with Crippen molar-refractivity contribution < 1.29 is 8.42 Å². The zero-order valence-electron chi connectivity index (χ0n) is 17.2. The summed E-state index contributed by atoms with van der Waals surface area (Å²) < 4.78 is 23.4. The summed E-state index contributed by atoms with van der Waals surface area (Å²) in [6, 6.07) is 5.36. The molecule has 0 spiro atoms. The van der Waals surface area contributed by atoms with Gasteiger partial charge >= 0.3 is 0 Å². The molecule has 1 heterocycles. The highest BCUT2D eigenvalue weighted by Gasteiger charge is 2.17. The Morgan fingerprint density at radius 2 is 1.86 bits per heavy atom. The number of hydrogen-bond acceptors (Lipinski definition) is 5. The minimum absolute atomic E-state index is 0. The SMILES string of the molecule is CN=C(NCc1ccc(S(C)(=O)=O)c(C)c1)NCc1nc(C(C)(C)C)cs1.I. The lowest BCUT2D eigenvalue weighted by molar-refractivity contribution is 0.570. The molecule has 2 aromatic rings. The van der Waals surface area contributed by atoms with Crippen molar-refractivity contribution in [2.45, 2.75) is 51.1 Å². The van der Waals surface area contributed by atoms with E-state index >= 15 is 0 Å². The van der Waals surface area contributed by atoms with Gasteiger partial charge < -0.3 is 10.6 Å². The van der Waals surface area contributed by atoms with Crippen molar-refractivity contribution in [2.75, 3.05) is 13.3 Å². The van der Waals surface area contributed by atoms with E-state index in [2.05, 4.69) is 46.8 Å². The van der Waals surface area contributed by atoms with Gasteiger partial charge in [0.05, 0.1) is 17.1 Å². The first-order chi connectivity index (χ1) is 12.5. The fraction of sp³-hybridized carbons (Fsp3) is 0.474. The van der Waals surface area contributed by atoms with Crippen LogP contribution >= 0.6 is 35.3 Å². The van der Waals surface area contributed by atoms with Crippen molar-refractivity contribution >= 4 is 51.1 Å². The van der Waals surface area contributed by atoms with Gasteiger partial charge in [0.2, 0.25) is 0 Å². The van der Waals surface area contributed by atoms with Gasteiger partial charge in [-0.15, -0.1) is 35.3 Å². The molecule has 2 N–H and O–H groups in total. The molecule has 0 amide bonds. The lowest BCUT2D eigenvalue weighted by Gasteiger charge is -2.14. The number of rotatable bonds is 5. The van der Waals surface area contributed by atoms with Gasteiger partial charge in [-0.25, -0.2) is 13.4 Å². The third-order valence-corrected chi connectivity index (χ3v) is 6.16. The van der Waals surface area contributed by atoms with Gasteiger partial charge in [-0.05, 0) is 24.1 Å². The van der Waals surface area contributed by atoms with Crippen LogP contribution in [0.3, 0.4) is 0 Å². The van der Waals surface area contributed by atoms with Crippen LogP contribution in [-0.2, 0) is 28.3 Å². The summed E-state index contributed by atoms with van der Waals surface area (Å²) in [4.78, 5) is 9.26. The summed E-state index contributed by atoms with van der Waals surface area (Å²) in [7, 11) is -1.48. The van der Waals surface area contributed by atoms with E-state index in [-0.39, 0.29) is 29.4 Å². The van der Waals surface area contributed by atoms with Gasteiger partial charge in [0.25, 0.3) is 0 Å². The molecule has 0 aliphatic carbocycles. The second-order valence-electron chi connectivity index (χ2n) is 7.53. The van der Waals surface area contributed by atoms with E-state index < -0.39 is 9.84 Å². The molecule has 9 heteroatoms. The van der Waals surface area contributed by atoms with Crippen LogP contribution in [0.1, 0.15) is 42.6 Å². The number of sulfone groups is 1. The van der Waals surface area contributed by atoms with Gasteiger partial charge in [-0.3, -0.25) is 4.99 Å². The molecular formula is C19H29IN4O2S2. The quantitative estimate of drug-likeness (QED) is 0.347. The molecule has 6 nitrogen and oxygen atoms in total. The normalized spacial score (nSPS) is 12.4. The first-order valence-corrected chi connectivity index (χ1v) is 11.5. The van der Waals surface area contributed by atoms with E-state index in [9.17, 15) is 8.42 Å². The lowest BCUT2D eigenvalue weighted by Crippen LogP contribution is -2.36. The van der Waals surface area contributed by atoms with Gasteiger partial charge in [-0.2, -0.15) is 0 Å². The van der Waals surface area contributed by atoms with Crippen LogP contribution in [-0.4, -0.2) is 32.7 Å². The molecule has 28 heavy (non-hydrogen) atoms. The van der Waals surface area contributed by atoms with Crippen LogP contribution < -0.4 is 10.6 Å². The molecule has 0 atom stereocenters. The number of nitrogens with zero attached hydrogens (tertiary/aromatic N) is 2. The van der Waals surface area contributed by atoms with Crippen LogP contribution in [0, 0.1) is 6.92 Å². The van der Waals surface area contributed by atoms with E-state index in [1.165, 1.54) is 6.26 Å². The summed E-state index contributed by atoms with van der Waals surface area (Å²) in [5, 5.41) is 9.61. The van der Waals surface area contributed by atoms with E-state index in [0.29, 0.717) is 23.9 Å². The van der Waals surface area contributed by atoms with Gasteiger partial charge in [0, 0.05) is 30.6 Å². The molecule has 0 saturated heterocycles. The number of aliphatic imine (C=N–C) groups is 1. The van der Waals surface area contributed by atoms with Crippen LogP contribution in [0.25, 0.3) is 0 Å². The molecule has 0 fully saturated rings. The zero-order chi connectivity index (χ0) is 20.2. The molecule has 0 aliphatic heterocycles. The van der Waals surface area contributed by atoms with E-state index in [1.54, 1.807) is 24.5 Å². The fourth-order valence-corrected chi connectivity index (χ4v) is 4.46. The number of halogens is 1. The number of nitrogens with one attached hydrogen (secondary N) is 2. The second-order valence-corrected chi connectivity index (χ2v) is 10.5. The molecule has 2 rings (SSSR count). The average Bonchev–Trinajstić information content (AvgIpc) is 3.03. The first kappa shape index (κ1) is 24.8. The average molecular weight is 537 g/mol. The standard InChI is InChI=1S/C19H28N4O2S2.HI/c1-13-9-14(7-8-15(13)27(6,24)25)10-21-18(20-5)22-11-17-23-16(12-26-17)19(2,3)4;/h7-9,12H,10-11H2,1-6H3,(H2,20,21,22);1H. The van der Waals surface area contributed by atoms with E-state index in [4.69, 9.17) is 0 Å². The Morgan fingerprint density at radius 3 is 2.36 bits per heavy atom. The number of thiazole rings is 1. The number of aryl methyl sites for hydroxylation is 1. The molecule has 0 saturated carbocycles. The predicted molar refractivity (Wildman–Crippen MR) is 128 cm³/mol. The molecule has 0 aliphatic rings.